The number of aryl methyl sites for hydroxylation is 1. The van der Waals surface area contributed by atoms with Crippen LogP contribution in [0.1, 0.15) is 10.4 Å². The Kier molecular flexibility index (Phi) is 3.09. The SMILES string of the molecule is COc1nc(Nc2cnn(C)c2)ncc1C(N)=O. The number of aromatic nitrogens is 4. The Balaban J connectivity index is 2.27. The predicted molar refractivity (Wildman–Crippen MR) is 63.6 cm³/mol. The van der Waals surface area contributed by atoms with Gasteiger partial charge in [-0.15, -0.1) is 0 Å². The zero-order valence-electron chi connectivity index (χ0n) is 9.91. The first-order valence-corrected chi connectivity index (χ1v) is 5.06. The summed E-state index contributed by atoms with van der Waals surface area (Å²) < 4.78 is 6.61. The number of amides is 1. The minimum Gasteiger partial charge on any atom is -0.480 e. The highest BCUT2D eigenvalue weighted by Crippen LogP contribution is 2.18. The van der Waals surface area contributed by atoms with Crippen LogP contribution in [0, 0.1) is 0 Å². The number of carbonyl (C=O) groups is 1. The molecule has 0 aromatic carbocycles. The topological polar surface area (TPSA) is 108 Å². The lowest BCUT2D eigenvalue weighted by Gasteiger charge is -2.06. The zero-order valence-corrected chi connectivity index (χ0v) is 9.91. The molecule has 0 spiro atoms. The van der Waals surface area contributed by atoms with Gasteiger partial charge < -0.3 is 15.8 Å². The molecule has 0 unspecified atom stereocenters. The predicted octanol–water partition coefficient (Wildman–Crippen LogP) is 0.0612. The quantitative estimate of drug-likeness (QED) is 0.792. The number of anilines is 2. The van der Waals surface area contributed by atoms with E-state index in [0.29, 0.717) is 5.95 Å². The Bertz CT molecular complexity index is 579. The van der Waals surface area contributed by atoms with Crippen LogP contribution in [0.5, 0.6) is 5.88 Å². The van der Waals surface area contributed by atoms with Gasteiger partial charge in [0.15, 0.2) is 0 Å². The van der Waals surface area contributed by atoms with E-state index in [9.17, 15) is 4.79 Å². The summed E-state index contributed by atoms with van der Waals surface area (Å²) in [4.78, 5) is 19.1. The molecule has 0 saturated carbocycles. The average Bonchev–Trinajstić information content (AvgIpc) is 2.74. The van der Waals surface area contributed by atoms with Crippen LogP contribution >= 0.6 is 0 Å². The summed E-state index contributed by atoms with van der Waals surface area (Å²) in [5.74, 6) is -0.214. The second-order valence-corrected chi connectivity index (χ2v) is 3.51. The summed E-state index contributed by atoms with van der Waals surface area (Å²) in [6.07, 6.45) is 4.70. The minimum absolute atomic E-state index is 0.129. The second-order valence-electron chi connectivity index (χ2n) is 3.51. The number of hydrogen-bond acceptors (Lipinski definition) is 6. The number of nitrogens with zero attached hydrogens (tertiary/aromatic N) is 4. The van der Waals surface area contributed by atoms with Crippen LogP contribution in [0.3, 0.4) is 0 Å². The van der Waals surface area contributed by atoms with E-state index >= 15 is 0 Å². The smallest absolute Gasteiger partial charge is 0.255 e. The van der Waals surface area contributed by atoms with Crippen molar-refractivity contribution in [1.82, 2.24) is 19.7 Å². The van der Waals surface area contributed by atoms with Crippen molar-refractivity contribution in [1.29, 1.82) is 0 Å². The van der Waals surface area contributed by atoms with Crippen molar-refractivity contribution in [2.45, 2.75) is 0 Å². The molecule has 0 aliphatic rings. The molecule has 2 rings (SSSR count). The highest BCUT2D eigenvalue weighted by molar-refractivity contribution is 5.94. The standard InChI is InChI=1S/C10H12N6O2/c1-16-5-6(3-13-16)14-10-12-4-7(8(11)17)9(15-10)18-2/h3-5H,1-2H3,(H2,11,17)(H,12,14,15). The molecule has 8 heteroatoms. The van der Waals surface area contributed by atoms with E-state index in [4.69, 9.17) is 10.5 Å². The summed E-state index contributed by atoms with van der Waals surface area (Å²) in [5.41, 5.74) is 6.03. The maximum atomic E-state index is 11.1. The fraction of sp³-hybridized carbons (Fsp3) is 0.200. The highest BCUT2D eigenvalue weighted by Gasteiger charge is 2.12. The van der Waals surface area contributed by atoms with E-state index in [2.05, 4.69) is 20.4 Å². The van der Waals surface area contributed by atoms with Crippen molar-refractivity contribution in [2.24, 2.45) is 12.8 Å². The van der Waals surface area contributed by atoms with Crippen molar-refractivity contribution in [3.63, 3.8) is 0 Å². The van der Waals surface area contributed by atoms with Crippen LogP contribution in [0.25, 0.3) is 0 Å². The molecule has 3 N–H and O–H groups in total. The normalized spacial score (nSPS) is 10.1. The summed E-state index contributed by atoms with van der Waals surface area (Å²) in [5, 5.41) is 6.92. The molecule has 0 aliphatic heterocycles. The Hall–Kier alpha value is -2.64. The molecule has 2 aromatic rings. The van der Waals surface area contributed by atoms with Gasteiger partial charge >= 0.3 is 0 Å². The first-order valence-electron chi connectivity index (χ1n) is 5.06. The van der Waals surface area contributed by atoms with Crippen LogP contribution in [0.4, 0.5) is 11.6 Å². The number of methoxy groups -OCH3 is 1. The molecule has 2 aromatic heterocycles. The third kappa shape index (κ3) is 2.37. The first kappa shape index (κ1) is 11.8. The lowest BCUT2D eigenvalue weighted by atomic mass is 10.3. The summed E-state index contributed by atoms with van der Waals surface area (Å²) in [7, 11) is 3.20. The Morgan fingerprint density at radius 3 is 2.83 bits per heavy atom. The lowest BCUT2D eigenvalue weighted by molar-refractivity contribution is 0.0996. The zero-order chi connectivity index (χ0) is 13.1. The molecule has 0 bridgehead atoms. The van der Waals surface area contributed by atoms with E-state index < -0.39 is 5.91 Å². The monoisotopic (exact) mass is 248 g/mol. The van der Waals surface area contributed by atoms with Crippen LogP contribution in [-0.2, 0) is 7.05 Å². The number of carbonyl (C=O) groups excluding carboxylic acids is 1. The third-order valence-corrected chi connectivity index (χ3v) is 2.17. The molecule has 18 heavy (non-hydrogen) atoms. The average molecular weight is 248 g/mol. The lowest BCUT2D eigenvalue weighted by Crippen LogP contribution is -2.14. The molecular weight excluding hydrogens is 236 g/mol. The summed E-state index contributed by atoms with van der Waals surface area (Å²) in [6.45, 7) is 0. The fourth-order valence-electron chi connectivity index (χ4n) is 1.37. The van der Waals surface area contributed by atoms with Gasteiger partial charge in [-0.1, -0.05) is 0 Å². The molecule has 8 nitrogen and oxygen atoms in total. The van der Waals surface area contributed by atoms with Gasteiger partial charge in [0, 0.05) is 19.4 Å². The number of primary amides is 1. The van der Waals surface area contributed by atoms with E-state index in [1.165, 1.54) is 13.3 Å². The molecule has 0 radical (unpaired) electrons. The van der Waals surface area contributed by atoms with Gasteiger partial charge in [0.2, 0.25) is 11.8 Å². The number of rotatable bonds is 4. The summed E-state index contributed by atoms with van der Waals surface area (Å²) >= 11 is 0. The van der Waals surface area contributed by atoms with Crippen LogP contribution in [-0.4, -0.2) is 32.8 Å². The van der Waals surface area contributed by atoms with Gasteiger partial charge in [-0.05, 0) is 0 Å². The maximum absolute atomic E-state index is 11.1. The van der Waals surface area contributed by atoms with Crippen molar-refractivity contribution < 1.29 is 9.53 Å². The fourth-order valence-corrected chi connectivity index (χ4v) is 1.37. The highest BCUT2D eigenvalue weighted by atomic mass is 16.5. The van der Waals surface area contributed by atoms with Crippen LogP contribution in [0.15, 0.2) is 18.6 Å². The molecule has 0 atom stereocenters. The molecule has 1 amide bonds. The van der Waals surface area contributed by atoms with Gasteiger partial charge in [-0.2, -0.15) is 10.1 Å². The third-order valence-electron chi connectivity index (χ3n) is 2.17. The Labute approximate surface area is 103 Å². The molecule has 0 fully saturated rings. The van der Waals surface area contributed by atoms with Gasteiger partial charge in [0.05, 0.1) is 19.0 Å². The minimum atomic E-state index is -0.639. The maximum Gasteiger partial charge on any atom is 0.255 e. The number of hydrogen-bond donors (Lipinski definition) is 2. The van der Waals surface area contributed by atoms with E-state index in [0.717, 1.165) is 5.69 Å². The van der Waals surface area contributed by atoms with Crippen LogP contribution in [0.2, 0.25) is 0 Å². The number of ether oxygens (including phenoxy) is 1. The van der Waals surface area contributed by atoms with Crippen molar-refractivity contribution >= 4 is 17.5 Å². The molecule has 0 saturated heterocycles. The van der Waals surface area contributed by atoms with Gasteiger partial charge in [0.1, 0.15) is 5.56 Å². The number of nitrogens with one attached hydrogen (secondary N) is 1. The molecular formula is C10H12N6O2. The number of nitrogens with two attached hydrogens (primary N) is 1. The van der Waals surface area contributed by atoms with Crippen LogP contribution < -0.4 is 15.8 Å². The second kappa shape index (κ2) is 4.70. The van der Waals surface area contributed by atoms with Gasteiger partial charge in [-0.25, -0.2) is 4.98 Å². The largest absolute Gasteiger partial charge is 0.480 e. The van der Waals surface area contributed by atoms with E-state index in [1.807, 2.05) is 0 Å². The van der Waals surface area contributed by atoms with Crippen molar-refractivity contribution in [3.8, 4) is 5.88 Å². The molecule has 0 aliphatic carbocycles. The Morgan fingerprint density at radius 1 is 1.50 bits per heavy atom. The molecule has 94 valence electrons. The first-order chi connectivity index (χ1) is 8.60. The van der Waals surface area contributed by atoms with Crippen molar-refractivity contribution in [2.75, 3.05) is 12.4 Å². The van der Waals surface area contributed by atoms with Crippen molar-refractivity contribution in [3.05, 3.63) is 24.2 Å². The Morgan fingerprint density at radius 2 is 2.28 bits per heavy atom. The van der Waals surface area contributed by atoms with Gasteiger partial charge in [-0.3, -0.25) is 9.48 Å². The summed E-state index contributed by atoms with van der Waals surface area (Å²) in [6, 6.07) is 0. The van der Waals surface area contributed by atoms with Gasteiger partial charge in [0.25, 0.3) is 5.91 Å². The molecule has 2 heterocycles. The van der Waals surface area contributed by atoms with E-state index in [-0.39, 0.29) is 11.4 Å². The van der Waals surface area contributed by atoms with E-state index in [1.54, 1.807) is 24.1 Å².